The Kier molecular flexibility index (Phi) is 5.05. The first-order valence-electron chi connectivity index (χ1n) is 9.36. The molecule has 0 saturated carbocycles. The number of anilines is 1. The van der Waals surface area contributed by atoms with Gasteiger partial charge in [-0.3, -0.25) is 0 Å². The van der Waals surface area contributed by atoms with Crippen LogP contribution in [0.1, 0.15) is 17.7 Å². The van der Waals surface area contributed by atoms with Crippen molar-refractivity contribution in [1.29, 1.82) is 0 Å². The van der Waals surface area contributed by atoms with Gasteiger partial charge in [-0.25, -0.2) is 9.97 Å². The van der Waals surface area contributed by atoms with E-state index in [0.717, 1.165) is 45.7 Å². The van der Waals surface area contributed by atoms with Gasteiger partial charge in [-0.05, 0) is 23.8 Å². The molecule has 0 bridgehead atoms. The van der Waals surface area contributed by atoms with E-state index in [1.165, 1.54) is 0 Å². The number of nitrogens with zero attached hydrogens (tertiary/aromatic N) is 3. The second kappa shape index (κ2) is 7.50. The standard InChI is InChI=1S/C21H26N4O3/c1-22-20-9-15-16(11-25(2)18(15)10-23-20)17-7-14(12-26-3)8-19(24-17)21(27-4)5-6-28-13-21/h7-11H,5-6,12-13H2,1-4H3,(H,22,23)/t21-/m1/s1. The Morgan fingerprint density at radius 3 is 2.82 bits per heavy atom. The zero-order valence-corrected chi connectivity index (χ0v) is 16.8. The number of hydrogen-bond donors (Lipinski definition) is 1. The Labute approximate surface area is 164 Å². The molecule has 1 atom stereocenters. The first-order valence-corrected chi connectivity index (χ1v) is 9.36. The molecule has 7 heteroatoms. The van der Waals surface area contributed by atoms with Crippen LogP contribution in [-0.4, -0.2) is 49.0 Å². The number of fused-ring (bicyclic) bond motifs is 1. The molecule has 3 aromatic heterocycles. The van der Waals surface area contributed by atoms with Crippen LogP contribution < -0.4 is 5.32 Å². The Bertz CT molecular complexity index is 993. The van der Waals surface area contributed by atoms with Crippen molar-refractivity contribution in [3.8, 4) is 11.3 Å². The number of aryl methyl sites for hydroxylation is 1. The topological polar surface area (TPSA) is 70.4 Å². The number of aromatic nitrogens is 3. The molecule has 0 aromatic carbocycles. The fourth-order valence-electron chi connectivity index (χ4n) is 3.84. The lowest BCUT2D eigenvalue weighted by Gasteiger charge is -2.26. The Hall–Kier alpha value is -2.48. The van der Waals surface area contributed by atoms with E-state index in [9.17, 15) is 0 Å². The highest BCUT2D eigenvalue weighted by Crippen LogP contribution is 2.36. The van der Waals surface area contributed by atoms with E-state index in [1.807, 2.05) is 20.3 Å². The molecular weight excluding hydrogens is 356 g/mol. The normalized spacial score (nSPS) is 19.4. The molecule has 7 nitrogen and oxygen atoms in total. The minimum atomic E-state index is -0.513. The van der Waals surface area contributed by atoms with Crippen LogP contribution in [0.25, 0.3) is 22.2 Å². The largest absolute Gasteiger partial charge is 0.380 e. The van der Waals surface area contributed by atoms with Crippen LogP contribution in [-0.2, 0) is 33.5 Å². The van der Waals surface area contributed by atoms with E-state index in [4.69, 9.17) is 19.2 Å². The summed E-state index contributed by atoms with van der Waals surface area (Å²) < 4.78 is 19.0. The Balaban J connectivity index is 1.91. The van der Waals surface area contributed by atoms with Crippen LogP contribution in [0.4, 0.5) is 5.82 Å². The smallest absolute Gasteiger partial charge is 0.135 e. The summed E-state index contributed by atoms with van der Waals surface area (Å²) in [5.74, 6) is 0.825. The molecule has 148 valence electrons. The molecule has 4 heterocycles. The monoisotopic (exact) mass is 382 g/mol. The van der Waals surface area contributed by atoms with Crippen molar-refractivity contribution in [2.45, 2.75) is 18.6 Å². The van der Waals surface area contributed by atoms with Gasteiger partial charge in [0.1, 0.15) is 11.4 Å². The molecule has 3 aromatic rings. The first kappa shape index (κ1) is 18.9. The molecular formula is C21H26N4O3. The zero-order valence-electron chi connectivity index (χ0n) is 16.8. The van der Waals surface area contributed by atoms with Crippen molar-refractivity contribution in [3.63, 3.8) is 0 Å². The highest BCUT2D eigenvalue weighted by molar-refractivity contribution is 5.96. The van der Waals surface area contributed by atoms with Crippen molar-refractivity contribution in [2.75, 3.05) is 39.8 Å². The highest BCUT2D eigenvalue weighted by atomic mass is 16.5. The van der Waals surface area contributed by atoms with Crippen molar-refractivity contribution in [2.24, 2.45) is 7.05 Å². The predicted molar refractivity (Wildman–Crippen MR) is 108 cm³/mol. The number of hydrogen-bond acceptors (Lipinski definition) is 6. The molecule has 0 amide bonds. The molecule has 1 N–H and O–H groups in total. The van der Waals surface area contributed by atoms with E-state index in [1.54, 1.807) is 14.2 Å². The summed E-state index contributed by atoms with van der Waals surface area (Å²) in [7, 11) is 7.32. The summed E-state index contributed by atoms with van der Waals surface area (Å²) in [5.41, 5.74) is 4.44. The van der Waals surface area contributed by atoms with Gasteiger partial charge in [0.15, 0.2) is 0 Å². The summed E-state index contributed by atoms with van der Waals surface area (Å²) in [5, 5.41) is 4.21. The molecule has 4 rings (SSSR count). The lowest BCUT2D eigenvalue weighted by molar-refractivity contribution is -0.0246. The van der Waals surface area contributed by atoms with Crippen molar-refractivity contribution in [1.82, 2.24) is 14.5 Å². The molecule has 1 aliphatic rings. The van der Waals surface area contributed by atoms with E-state index >= 15 is 0 Å². The number of methoxy groups -OCH3 is 2. The molecule has 1 fully saturated rings. The van der Waals surface area contributed by atoms with Gasteiger partial charge in [-0.1, -0.05) is 0 Å². The van der Waals surface area contributed by atoms with Gasteiger partial charge in [0, 0.05) is 58.5 Å². The van der Waals surface area contributed by atoms with E-state index in [-0.39, 0.29) is 0 Å². The summed E-state index contributed by atoms with van der Waals surface area (Å²) in [4.78, 5) is 9.45. The average molecular weight is 382 g/mol. The number of nitrogens with one attached hydrogen (secondary N) is 1. The fraction of sp³-hybridized carbons (Fsp3) is 0.429. The van der Waals surface area contributed by atoms with Crippen LogP contribution in [0, 0.1) is 0 Å². The van der Waals surface area contributed by atoms with Crippen LogP contribution in [0.5, 0.6) is 0 Å². The van der Waals surface area contributed by atoms with Crippen molar-refractivity contribution in [3.05, 3.63) is 41.9 Å². The number of ether oxygens (including phenoxy) is 3. The number of rotatable bonds is 6. The van der Waals surface area contributed by atoms with Gasteiger partial charge in [0.2, 0.25) is 0 Å². The lowest BCUT2D eigenvalue weighted by Crippen LogP contribution is -2.30. The van der Waals surface area contributed by atoms with Gasteiger partial charge in [-0.2, -0.15) is 0 Å². The molecule has 1 saturated heterocycles. The average Bonchev–Trinajstić information content (AvgIpc) is 3.33. The molecule has 0 radical (unpaired) electrons. The van der Waals surface area contributed by atoms with Crippen molar-refractivity contribution < 1.29 is 14.2 Å². The third-order valence-electron chi connectivity index (χ3n) is 5.45. The highest BCUT2D eigenvalue weighted by Gasteiger charge is 2.38. The summed E-state index contributed by atoms with van der Waals surface area (Å²) in [6, 6.07) is 6.21. The maximum atomic E-state index is 5.88. The summed E-state index contributed by atoms with van der Waals surface area (Å²) in [6.45, 7) is 1.69. The van der Waals surface area contributed by atoms with E-state index in [2.05, 4.69) is 39.3 Å². The van der Waals surface area contributed by atoms with E-state index < -0.39 is 5.60 Å². The lowest BCUT2D eigenvalue weighted by atomic mass is 9.95. The predicted octanol–water partition coefficient (Wildman–Crippen LogP) is 3.09. The van der Waals surface area contributed by atoms with Gasteiger partial charge in [0.05, 0.1) is 36.3 Å². The molecule has 28 heavy (non-hydrogen) atoms. The van der Waals surface area contributed by atoms with E-state index in [0.29, 0.717) is 19.8 Å². The van der Waals surface area contributed by atoms with Gasteiger partial charge < -0.3 is 24.1 Å². The van der Waals surface area contributed by atoms with Gasteiger partial charge >= 0.3 is 0 Å². The van der Waals surface area contributed by atoms with Crippen LogP contribution in [0.15, 0.2) is 30.6 Å². The Morgan fingerprint density at radius 1 is 1.29 bits per heavy atom. The summed E-state index contributed by atoms with van der Waals surface area (Å²) >= 11 is 0. The van der Waals surface area contributed by atoms with Gasteiger partial charge in [0.25, 0.3) is 0 Å². The minimum absolute atomic E-state index is 0.510. The Morgan fingerprint density at radius 2 is 2.14 bits per heavy atom. The van der Waals surface area contributed by atoms with Gasteiger partial charge in [-0.15, -0.1) is 0 Å². The molecule has 0 spiro atoms. The first-order chi connectivity index (χ1) is 13.6. The second-order valence-electron chi connectivity index (χ2n) is 7.17. The third kappa shape index (κ3) is 3.15. The molecule has 0 unspecified atom stereocenters. The maximum absolute atomic E-state index is 5.88. The molecule has 1 aliphatic heterocycles. The molecule has 0 aliphatic carbocycles. The van der Waals surface area contributed by atoms with Crippen molar-refractivity contribution >= 4 is 16.7 Å². The van der Waals surface area contributed by atoms with Crippen LogP contribution >= 0.6 is 0 Å². The maximum Gasteiger partial charge on any atom is 0.135 e. The quantitative estimate of drug-likeness (QED) is 0.706. The van der Waals surface area contributed by atoms with Crippen LogP contribution in [0.2, 0.25) is 0 Å². The third-order valence-corrected chi connectivity index (χ3v) is 5.45. The minimum Gasteiger partial charge on any atom is -0.380 e. The fourth-order valence-corrected chi connectivity index (χ4v) is 3.84. The summed E-state index contributed by atoms with van der Waals surface area (Å²) in [6.07, 6.45) is 4.76. The van der Waals surface area contributed by atoms with Crippen LogP contribution in [0.3, 0.4) is 0 Å². The zero-order chi connectivity index (χ0) is 19.7. The SMILES string of the molecule is CNc1cc2c(-c3cc(COC)cc([C@@]4(OC)CCOC4)n3)cn(C)c2cn1. The number of pyridine rings is 2. The second-order valence-corrected chi connectivity index (χ2v) is 7.17.